The van der Waals surface area contributed by atoms with Crippen LogP contribution >= 0.6 is 38.6 Å². The number of carbonyl (C=O) groups excluding carboxylic acids is 2. The van der Waals surface area contributed by atoms with Crippen molar-refractivity contribution >= 4 is 107 Å². The maximum atomic E-state index is 12.2. The highest BCUT2D eigenvalue weighted by molar-refractivity contribution is 9.10. The molecule has 0 spiro atoms. The Morgan fingerprint density at radius 1 is 0.579 bits per heavy atom. The van der Waals surface area contributed by atoms with Crippen LogP contribution in [0.4, 0.5) is 0 Å². The number of aromatic amines is 2. The number of rotatable bonds is 8. The van der Waals surface area contributed by atoms with Crippen LogP contribution in [0.15, 0.2) is 102 Å². The number of ether oxygens (including phenoxy) is 2. The summed E-state index contributed by atoms with van der Waals surface area (Å²) in [4.78, 5) is 51.6. The second-order valence-corrected chi connectivity index (χ2v) is 23.1. The summed E-state index contributed by atoms with van der Waals surface area (Å²) in [6.07, 6.45) is 12.7. The number of halogens is 1. The summed E-state index contributed by atoms with van der Waals surface area (Å²) in [6.45, 7) is 8.04. The molecule has 2 aliphatic carbocycles. The molecule has 4 aromatic carbocycles. The van der Waals surface area contributed by atoms with E-state index in [1.807, 2.05) is 70.2 Å². The minimum atomic E-state index is -1.45. The lowest BCUT2D eigenvalue weighted by atomic mass is 9.80. The van der Waals surface area contributed by atoms with E-state index >= 15 is 0 Å². The molecular weight excluding hydrogens is 1060 g/mol. The lowest BCUT2D eigenvalue weighted by Gasteiger charge is -2.23. The predicted molar refractivity (Wildman–Crippen MR) is 312 cm³/mol. The van der Waals surface area contributed by atoms with Gasteiger partial charge in [0, 0.05) is 32.9 Å². The van der Waals surface area contributed by atoms with Gasteiger partial charge in [-0.15, -0.1) is 22.7 Å². The Morgan fingerprint density at radius 3 is 1.57 bits per heavy atom. The van der Waals surface area contributed by atoms with E-state index in [0.29, 0.717) is 28.4 Å². The van der Waals surface area contributed by atoms with Crippen molar-refractivity contribution in [3.63, 3.8) is 0 Å². The number of carbonyl (C=O) groups is 2. The van der Waals surface area contributed by atoms with Gasteiger partial charge in [-0.3, -0.25) is 0 Å². The zero-order chi connectivity index (χ0) is 53.2. The Labute approximate surface area is 458 Å². The monoisotopic (exact) mass is 1110 g/mol. The smallest absolute Gasteiger partial charge is 0.465 e. The molecule has 0 bridgehead atoms. The van der Waals surface area contributed by atoms with Crippen molar-refractivity contribution in [2.45, 2.75) is 104 Å². The molecule has 2 aliphatic rings. The van der Waals surface area contributed by atoms with Gasteiger partial charge in [0.15, 0.2) is 0 Å². The quantitative estimate of drug-likeness (QED) is 0.0846. The highest BCUT2D eigenvalue weighted by atomic mass is 79.9. The highest BCUT2D eigenvalue weighted by Gasteiger charge is 2.26. The van der Waals surface area contributed by atoms with Crippen LogP contribution in [-0.4, -0.2) is 73.2 Å². The van der Waals surface area contributed by atoms with Crippen LogP contribution in [0.3, 0.4) is 0 Å². The van der Waals surface area contributed by atoms with E-state index in [4.69, 9.17) is 14.5 Å². The number of fused-ring (bicyclic) bond motifs is 4. The third-order valence-electron chi connectivity index (χ3n) is 14.8. The van der Waals surface area contributed by atoms with Crippen LogP contribution < -0.4 is 5.46 Å². The zero-order valence-corrected chi connectivity index (χ0v) is 46.8. The van der Waals surface area contributed by atoms with Gasteiger partial charge < -0.3 is 29.5 Å². The van der Waals surface area contributed by atoms with E-state index in [1.54, 1.807) is 40.9 Å². The van der Waals surface area contributed by atoms with Gasteiger partial charge in [-0.05, 0) is 163 Å². The molecule has 76 heavy (non-hydrogen) atoms. The number of methoxy groups -OCH3 is 2. The van der Waals surface area contributed by atoms with Crippen molar-refractivity contribution < 1.29 is 29.1 Å². The summed E-state index contributed by atoms with van der Waals surface area (Å²) in [6, 6.07) is 31.5. The van der Waals surface area contributed by atoms with Crippen molar-refractivity contribution in [2.75, 3.05) is 14.2 Å². The summed E-state index contributed by atoms with van der Waals surface area (Å²) in [5.74, 6) is 0.527. The Hall–Kier alpha value is -6.56. The first-order valence-corrected chi connectivity index (χ1v) is 28.4. The van der Waals surface area contributed by atoms with E-state index in [-0.39, 0.29) is 11.9 Å². The number of nitrogens with zero attached hydrogens (tertiary/aromatic N) is 4. The van der Waals surface area contributed by atoms with Gasteiger partial charge in [-0.1, -0.05) is 81.0 Å². The van der Waals surface area contributed by atoms with Gasteiger partial charge in [0.05, 0.1) is 83.5 Å². The van der Waals surface area contributed by atoms with Gasteiger partial charge in [0.25, 0.3) is 0 Å². The molecule has 0 unspecified atom stereocenters. The molecule has 0 amide bonds. The average molecular weight is 1120 g/mol. The Bertz CT molecular complexity index is 3780. The van der Waals surface area contributed by atoms with Crippen LogP contribution in [0.2, 0.25) is 0 Å². The fraction of sp³-hybridized carbons (Fsp3) is 0.300. The van der Waals surface area contributed by atoms with Crippen molar-refractivity contribution in [3.8, 4) is 32.4 Å². The van der Waals surface area contributed by atoms with Crippen LogP contribution in [0.25, 0.3) is 76.0 Å². The number of thiazole rings is 2. The standard InChI is InChI=1S/C30H29N3O2S.C16H18BrNO2.C14H13BN2O2S/c1-17-29(36-18(2)31-17)25-14-10-20-15-21(11-13-24(20)32-25)28-27(19-7-5-4-6-8-19)23-12-9-22(30(34)35-3)16-26(23)33-28;1-20-16(19)11-7-8-12-13(9-11)18-15(17)14(12)10-5-3-2-4-6-10;1-8-14(20-9(2)16-8)13-5-3-10-7-11(15(18)19)4-6-12(10)17-13/h9-16,19,33H,4-8H2,1-3H3;7-10,18H,2-6H2,1H3;3-7,18-19H,1-2H3. The number of aryl methyl sites for hydroxylation is 4. The van der Waals surface area contributed by atoms with Crippen LogP contribution in [-0.2, 0) is 9.47 Å². The molecule has 12 nitrogen and oxygen atoms in total. The van der Waals surface area contributed by atoms with E-state index in [0.717, 1.165) is 91.2 Å². The lowest BCUT2D eigenvalue weighted by molar-refractivity contribution is 0.0592. The fourth-order valence-electron chi connectivity index (χ4n) is 11.1. The van der Waals surface area contributed by atoms with Crippen LogP contribution in [0.5, 0.6) is 0 Å². The molecule has 0 aliphatic heterocycles. The minimum Gasteiger partial charge on any atom is -0.465 e. The number of aromatic nitrogens is 6. The van der Waals surface area contributed by atoms with Gasteiger partial charge in [-0.2, -0.15) is 0 Å². The SMILES string of the molecule is COC(=O)c1ccc2c(C3CCCCC3)c(-c3ccc4nc(-c5sc(C)nc5C)ccc4c3)[nH]c2c1.COC(=O)c1ccc2c(C3CCCCC3)c(Br)[nH]c2c1.Cc1nc(C)c(-c2ccc3cc(B(O)O)ccc3n2)s1. The maximum Gasteiger partial charge on any atom is 0.488 e. The fourth-order valence-corrected chi connectivity index (χ4v) is 13.6. The number of H-pyrrole nitrogens is 2. The minimum absolute atomic E-state index is 0.295. The molecule has 12 rings (SSSR count). The summed E-state index contributed by atoms with van der Waals surface area (Å²) >= 11 is 6.97. The van der Waals surface area contributed by atoms with Crippen molar-refractivity contribution in [3.05, 3.63) is 145 Å². The second-order valence-electron chi connectivity index (χ2n) is 19.9. The van der Waals surface area contributed by atoms with E-state index in [1.165, 1.54) is 100 Å². The molecule has 388 valence electrons. The van der Waals surface area contributed by atoms with Crippen molar-refractivity contribution in [2.24, 2.45) is 0 Å². The Morgan fingerprint density at radius 2 is 1.07 bits per heavy atom. The van der Waals surface area contributed by atoms with Crippen molar-refractivity contribution in [1.82, 2.24) is 29.9 Å². The van der Waals surface area contributed by atoms with Crippen LogP contribution in [0.1, 0.15) is 129 Å². The highest BCUT2D eigenvalue weighted by Crippen LogP contribution is 2.44. The molecule has 0 radical (unpaired) electrons. The maximum absolute atomic E-state index is 12.2. The Balaban J connectivity index is 0.000000140. The topological polar surface area (TPSA) is 176 Å². The first kappa shape index (κ1) is 52.9. The molecule has 0 saturated heterocycles. The van der Waals surface area contributed by atoms with E-state index in [2.05, 4.69) is 77.2 Å². The first-order valence-electron chi connectivity index (χ1n) is 26.0. The number of benzene rings is 4. The zero-order valence-electron chi connectivity index (χ0n) is 43.6. The third-order valence-corrected chi connectivity index (χ3v) is 17.6. The van der Waals surface area contributed by atoms with E-state index < -0.39 is 7.12 Å². The lowest BCUT2D eigenvalue weighted by Crippen LogP contribution is -2.29. The summed E-state index contributed by atoms with van der Waals surface area (Å²) in [5.41, 5.74) is 14.4. The first-order chi connectivity index (χ1) is 36.8. The second kappa shape index (κ2) is 23.0. The molecule has 0 atom stereocenters. The summed E-state index contributed by atoms with van der Waals surface area (Å²) < 4.78 is 10.8. The summed E-state index contributed by atoms with van der Waals surface area (Å²) in [7, 11) is 1.38. The third kappa shape index (κ3) is 11.1. The average Bonchev–Trinajstić information content (AvgIpc) is 4.22. The van der Waals surface area contributed by atoms with Gasteiger partial charge in [-0.25, -0.2) is 29.5 Å². The van der Waals surface area contributed by atoms with Gasteiger partial charge >= 0.3 is 19.1 Å². The number of pyridine rings is 2. The number of nitrogens with one attached hydrogen (secondary N) is 2. The Kier molecular flexibility index (Phi) is 16.0. The number of hydrogen-bond donors (Lipinski definition) is 4. The van der Waals surface area contributed by atoms with Crippen LogP contribution in [0, 0.1) is 27.7 Å². The summed E-state index contributed by atoms with van der Waals surface area (Å²) in [5, 5.41) is 24.9. The van der Waals surface area contributed by atoms with Crippen molar-refractivity contribution in [1.29, 1.82) is 0 Å². The molecule has 4 N–H and O–H groups in total. The van der Waals surface area contributed by atoms with E-state index in [9.17, 15) is 19.6 Å². The molecule has 6 heterocycles. The van der Waals surface area contributed by atoms with Gasteiger partial charge in [0.2, 0.25) is 0 Å². The molecule has 10 aromatic rings. The molecule has 2 saturated carbocycles. The normalized spacial score (nSPS) is 14.1. The molecular formula is C60H60BBrN6O6S2. The molecule has 16 heteroatoms. The number of hydrogen-bond acceptors (Lipinski definition) is 12. The van der Waals surface area contributed by atoms with Gasteiger partial charge in [0.1, 0.15) is 0 Å². The largest absolute Gasteiger partial charge is 0.488 e. The number of esters is 2. The molecule has 6 aromatic heterocycles. The predicted octanol–water partition coefficient (Wildman–Crippen LogP) is 14.4. The molecule has 2 fully saturated rings.